The van der Waals surface area contributed by atoms with E-state index in [4.69, 9.17) is 0 Å². The van der Waals surface area contributed by atoms with E-state index in [1.807, 2.05) is 67.7 Å². The van der Waals surface area contributed by atoms with Gasteiger partial charge in [-0.15, -0.1) is 0 Å². The van der Waals surface area contributed by atoms with Gasteiger partial charge in [-0.25, -0.2) is 0 Å². The van der Waals surface area contributed by atoms with E-state index in [-0.39, 0.29) is 12.6 Å². The second-order valence-corrected chi connectivity index (χ2v) is 4.06. The number of likely N-dealkylation sites (N-methyl/N-ethyl adjacent to an activating group) is 1. The number of para-hydroxylation sites is 1. The van der Waals surface area contributed by atoms with Crippen LogP contribution in [0.2, 0.25) is 0 Å². The fraction of sp³-hybridized carbons (Fsp3) is 0.200. The van der Waals surface area contributed by atoms with E-state index in [2.05, 4.69) is 4.90 Å². The number of benzene rings is 2. The molecule has 2 heteroatoms. The topological polar surface area (TPSA) is 23.5 Å². The summed E-state index contributed by atoms with van der Waals surface area (Å²) in [5.74, 6) is 0. The lowest BCUT2D eigenvalue weighted by atomic mass is 10.1. The molecule has 0 heterocycles. The molecule has 1 N–H and O–H groups in total. The fourth-order valence-corrected chi connectivity index (χ4v) is 1.97. The van der Waals surface area contributed by atoms with Crippen LogP contribution in [0.3, 0.4) is 0 Å². The third-order valence-electron chi connectivity index (χ3n) is 2.99. The van der Waals surface area contributed by atoms with E-state index in [0.29, 0.717) is 0 Å². The summed E-state index contributed by atoms with van der Waals surface area (Å²) in [5.41, 5.74) is 2.23. The molecule has 1 atom stereocenters. The molecular formula is C15H17NO. The quantitative estimate of drug-likeness (QED) is 0.868. The third-order valence-corrected chi connectivity index (χ3v) is 2.99. The molecule has 1 unspecified atom stereocenters. The predicted octanol–water partition coefficient (Wildman–Crippen LogP) is 2.86. The van der Waals surface area contributed by atoms with Crippen molar-refractivity contribution in [3.63, 3.8) is 0 Å². The van der Waals surface area contributed by atoms with Gasteiger partial charge in [-0.2, -0.15) is 0 Å². The Labute approximate surface area is 102 Å². The first-order valence-corrected chi connectivity index (χ1v) is 5.76. The van der Waals surface area contributed by atoms with Crippen molar-refractivity contribution in [3.8, 4) is 0 Å². The van der Waals surface area contributed by atoms with Crippen LogP contribution in [-0.4, -0.2) is 18.8 Å². The van der Waals surface area contributed by atoms with Crippen LogP contribution in [0.25, 0.3) is 0 Å². The summed E-state index contributed by atoms with van der Waals surface area (Å²) in [4.78, 5) is 2.09. The molecule has 0 saturated carbocycles. The Hall–Kier alpha value is -1.80. The maximum atomic E-state index is 9.57. The predicted molar refractivity (Wildman–Crippen MR) is 71.1 cm³/mol. The number of hydrogen-bond acceptors (Lipinski definition) is 2. The minimum absolute atomic E-state index is 0.00130. The third kappa shape index (κ3) is 2.66. The minimum atomic E-state index is -0.00130. The van der Waals surface area contributed by atoms with E-state index < -0.39 is 0 Å². The van der Waals surface area contributed by atoms with Crippen LogP contribution in [0.15, 0.2) is 60.7 Å². The van der Waals surface area contributed by atoms with Crippen molar-refractivity contribution in [2.24, 2.45) is 0 Å². The molecule has 0 aromatic heterocycles. The summed E-state index contributed by atoms with van der Waals surface area (Å²) in [7, 11) is 2.00. The second-order valence-electron chi connectivity index (χ2n) is 4.06. The highest BCUT2D eigenvalue weighted by Gasteiger charge is 2.15. The molecule has 2 aromatic carbocycles. The Bertz CT molecular complexity index is 441. The van der Waals surface area contributed by atoms with Gasteiger partial charge in [0.05, 0.1) is 12.6 Å². The van der Waals surface area contributed by atoms with Gasteiger partial charge in [-0.05, 0) is 17.7 Å². The minimum Gasteiger partial charge on any atom is -0.394 e. The van der Waals surface area contributed by atoms with Crippen LogP contribution < -0.4 is 4.90 Å². The number of rotatable bonds is 4. The molecule has 0 aliphatic heterocycles. The number of hydrogen-bond donors (Lipinski definition) is 1. The summed E-state index contributed by atoms with van der Waals surface area (Å²) in [6.45, 7) is 0.107. The van der Waals surface area contributed by atoms with E-state index in [9.17, 15) is 5.11 Å². The van der Waals surface area contributed by atoms with Crippen molar-refractivity contribution in [2.75, 3.05) is 18.6 Å². The standard InChI is InChI=1S/C15H17NO/c1-16(14-10-6-3-7-11-14)15(12-17)13-8-4-2-5-9-13/h2-11,15,17H,12H2,1H3. The Morgan fingerprint density at radius 2 is 1.47 bits per heavy atom. The summed E-state index contributed by atoms with van der Waals surface area (Å²) in [5, 5.41) is 9.57. The molecule has 17 heavy (non-hydrogen) atoms. The molecule has 0 aliphatic rings. The maximum absolute atomic E-state index is 9.57. The van der Waals surface area contributed by atoms with Crippen LogP contribution in [-0.2, 0) is 0 Å². The summed E-state index contributed by atoms with van der Waals surface area (Å²) < 4.78 is 0. The van der Waals surface area contributed by atoms with Gasteiger partial charge in [-0.1, -0.05) is 48.5 Å². The first-order valence-electron chi connectivity index (χ1n) is 5.76. The van der Waals surface area contributed by atoms with Crippen molar-refractivity contribution in [3.05, 3.63) is 66.2 Å². The number of anilines is 1. The smallest absolute Gasteiger partial charge is 0.0770 e. The molecule has 0 radical (unpaired) electrons. The molecule has 0 aliphatic carbocycles. The zero-order chi connectivity index (χ0) is 12.1. The van der Waals surface area contributed by atoms with Crippen LogP contribution in [0.1, 0.15) is 11.6 Å². The highest BCUT2D eigenvalue weighted by atomic mass is 16.3. The van der Waals surface area contributed by atoms with Gasteiger partial charge in [0.25, 0.3) is 0 Å². The van der Waals surface area contributed by atoms with E-state index in [0.717, 1.165) is 11.3 Å². The van der Waals surface area contributed by atoms with Gasteiger partial charge in [-0.3, -0.25) is 0 Å². The van der Waals surface area contributed by atoms with Gasteiger partial charge in [0.15, 0.2) is 0 Å². The number of nitrogens with zero attached hydrogens (tertiary/aromatic N) is 1. The molecule has 0 saturated heterocycles. The Morgan fingerprint density at radius 3 is 2.00 bits per heavy atom. The monoisotopic (exact) mass is 227 g/mol. The van der Waals surface area contributed by atoms with Gasteiger partial charge in [0.2, 0.25) is 0 Å². The van der Waals surface area contributed by atoms with Crippen LogP contribution >= 0.6 is 0 Å². The van der Waals surface area contributed by atoms with Crippen molar-refractivity contribution >= 4 is 5.69 Å². The molecular weight excluding hydrogens is 210 g/mol. The SMILES string of the molecule is CN(c1ccccc1)C(CO)c1ccccc1. The van der Waals surface area contributed by atoms with Gasteiger partial charge in [0, 0.05) is 12.7 Å². The van der Waals surface area contributed by atoms with Crippen LogP contribution in [0.4, 0.5) is 5.69 Å². The highest BCUT2D eigenvalue weighted by Crippen LogP contribution is 2.24. The summed E-state index contributed by atoms with van der Waals surface area (Å²) in [6, 6.07) is 20.2. The first-order chi connectivity index (χ1) is 8.33. The lowest BCUT2D eigenvalue weighted by Gasteiger charge is -2.29. The Kier molecular flexibility index (Phi) is 3.78. The van der Waals surface area contributed by atoms with Crippen molar-refractivity contribution in [1.29, 1.82) is 0 Å². The molecule has 0 amide bonds. The molecule has 2 nitrogen and oxygen atoms in total. The summed E-state index contributed by atoms with van der Waals surface area (Å²) in [6.07, 6.45) is 0. The molecule has 2 rings (SSSR count). The van der Waals surface area contributed by atoms with E-state index in [1.54, 1.807) is 0 Å². The molecule has 0 bridgehead atoms. The zero-order valence-electron chi connectivity index (χ0n) is 9.95. The Balaban J connectivity index is 2.25. The average molecular weight is 227 g/mol. The average Bonchev–Trinajstić information content (AvgIpc) is 2.42. The molecule has 88 valence electrons. The largest absolute Gasteiger partial charge is 0.394 e. The van der Waals surface area contributed by atoms with Crippen LogP contribution in [0.5, 0.6) is 0 Å². The lowest BCUT2D eigenvalue weighted by molar-refractivity contribution is 0.264. The van der Waals surface area contributed by atoms with E-state index in [1.165, 1.54) is 0 Å². The zero-order valence-corrected chi connectivity index (χ0v) is 9.95. The fourth-order valence-electron chi connectivity index (χ4n) is 1.97. The maximum Gasteiger partial charge on any atom is 0.0770 e. The second kappa shape index (κ2) is 5.51. The van der Waals surface area contributed by atoms with E-state index >= 15 is 0 Å². The lowest BCUT2D eigenvalue weighted by Crippen LogP contribution is -2.26. The first kappa shape index (κ1) is 11.7. The molecule has 0 fully saturated rings. The molecule has 2 aromatic rings. The van der Waals surface area contributed by atoms with Crippen molar-refractivity contribution < 1.29 is 5.11 Å². The Morgan fingerprint density at radius 1 is 0.941 bits per heavy atom. The highest BCUT2D eigenvalue weighted by molar-refractivity contribution is 5.47. The summed E-state index contributed by atoms with van der Waals surface area (Å²) >= 11 is 0. The van der Waals surface area contributed by atoms with Gasteiger partial charge in [0.1, 0.15) is 0 Å². The van der Waals surface area contributed by atoms with Crippen LogP contribution in [0, 0.1) is 0 Å². The molecule has 0 spiro atoms. The number of aliphatic hydroxyl groups excluding tert-OH is 1. The number of aliphatic hydroxyl groups is 1. The normalized spacial score (nSPS) is 12.1. The van der Waals surface area contributed by atoms with Gasteiger partial charge < -0.3 is 10.0 Å². The van der Waals surface area contributed by atoms with Gasteiger partial charge >= 0.3 is 0 Å². The van der Waals surface area contributed by atoms with Crippen molar-refractivity contribution in [2.45, 2.75) is 6.04 Å². The van der Waals surface area contributed by atoms with Crippen molar-refractivity contribution in [1.82, 2.24) is 0 Å².